The number of hydrogen-bond acceptors (Lipinski definition) is 0. The van der Waals surface area contributed by atoms with Crippen molar-refractivity contribution in [3.05, 3.63) is 21.8 Å². The van der Waals surface area contributed by atoms with Gasteiger partial charge in [0.1, 0.15) is 0 Å². The normalized spacial score (nSPS) is 1.00. The van der Waals surface area contributed by atoms with E-state index in [1.54, 1.807) is 6.92 Å². The summed E-state index contributed by atoms with van der Waals surface area (Å²) in [4.78, 5) is 0. The fourth-order valence-corrected chi connectivity index (χ4v) is 0. The van der Waals surface area contributed by atoms with Gasteiger partial charge in [-0.1, -0.05) is 0 Å². The summed E-state index contributed by atoms with van der Waals surface area (Å²) in [5.74, 6) is 0. The van der Waals surface area contributed by atoms with Crippen LogP contribution < -0.4 is 51.4 Å². The van der Waals surface area contributed by atoms with Crippen molar-refractivity contribution in [3.63, 3.8) is 0 Å². The SMILES string of the molecule is [CH2-]C.[CH3-].[CH3-].[K+].[W]. The molecule has 0 aliphatic heterocycles. The van der Waals surface area contributed by atoms with Gasteiger partial charge in [-0.2, -0.15) is 6.92 Å². The van der Waals surface area contributed by atoms with Crippen LogP contribution in [0.4, 0.5) is 0 Å². The van der Waals surface area contributed by atoms with Crippen LogP contribution in [0.2, 0.25) is 0 Å². The van der Waals surface area contributed by atoms with Crippen LogP contribution in [-0.4, -0.2) is 0 Å². The van der Waals surface area contributed by atoms with Gasteiger partial charge in [-0.25, -0.2) is 0 Å². The smallest absolute Gasteiger partial charge is 0.358 e. The Kier molecular flexibility index (Phi) is 365. The maximum absolute atomic E-state index is 3.25. The minimum atomic E-state index is 0. The second kappa shape index (κ2) is 54.2. The van der Waals surface area contributed by atoms with E-state index in [1.807, 2.05) is 0 Å². The largest absolute Gasteiger partial charge is 1.00 e. The third-order valence-electron chi connectivity index (χ3n) is 0. The van der Waals surface area contributed by atoms with Gasteiger partial charge in [0, 0.05) is 21.1 Å². The molecule has 0 aliphatic rings. The van der Waals surface area contributed by atoms with Crippen molar-refractivity contribution in [3.8, 4) is 0 Å². The summed E-state index contributed by atoms with van der Waals surface area (Å²) in [7, 11) is 0. The van der Waals surface area contributed by atoms with Gasteiger partial charge in [0.05, 0.1) is 0 Å². The molecule has 0 atom stereocenters. The molecule has 0 saturated carbocycles. The fourth-order valence-electron chi connectivity index (χ4n) is 0. The van der Waals surface area contributed by atoms with Crippen LogP contribution in [0.3, 0.4) is 0 Å². The van der Waals surface area contributed by atoms with Crippen LogP contribution in [-0.2, 0) is 21.1 Å². The first kappa shape index (κ1) is 40.4. The summed E-state index contributed by atoms with van der Waals surface area (Å²) < 4.78 is 0. The van der Waals surface area contributed by atoms with E-state index in [9.17, 15) is 0 Å². The molecule has 0 saturated heterocycles. The van der Waals surface area contributed by atoms with Crippen LogP contribution in [0, 0.1) is 21.8 Å². The van der Waals surface area contributed by atoms with Crippen LogP contribution in [0.5, 0.6) is 0 Å². The molecule has 0 aromatic heterocycles. The molecule has 0 amide bonds. The molecule has 0 N–H and O–H groups in total. The van der Waals surface area contributed by atoms with Gasteiger partial charge in [-0.15, -0.1) is 0 Å². The maximum Gasteiger partial charge on any atom is 1.00 e. The molecular weight excluding hydrogens is 271 g/mol. The molecule has 0 radical (unpaired) electrons. The Bertz CT molecular complexity index is 7.51. The fraction of sp³-hybridized carbons (Fsp3) is 0.250. The van der Waals surface area contributed by atoms with Gasteiger partial charge in [-0.05, 0) is 0 Å². The van der Waals surface area contributed by atoms with E-state index in [0.717, 1.165) is 0 Å². The van der Waals surface area contributed by atoms with Crippen LogP contribution in [0.25, 0.3) is 0 Å². The third-order valence-corrected chi connectivity index (χ3v) is 0. The van der Waals surface area contributed by atoms with Gasteiger partial charge in [-0.3, -0.25) is 0 Å². The molecule has 0 bridgehead atoms. The summed E-state index contributed by atoms with van der Waals surface area (Å²) >= 11 is 0. The van der Waals surface area contributed by atoms with Crippen molar-refractivity contribution in [1.29, 1.82) is 0 Å². The van der Waals surface area contributed by atoms with Gasteiger partial charge >= 0.3 is 51.4 Å². The quantitative estimate of drug-likeness (QED) is 0.384. The van der Waals surface area contributed by atoms with Crippen molar-refractivity contribution in [2.45, 2.75) is 6.92 Å². The molecule has 2 heteroatoms. The topological polar surface area (TPSA) is 0 Å². The molecule has 0 spiro atoms. The average Bonchev–Trinajstić information content (AvgIpc) is 1.00. The second-order valence-electron chi connectivity index (χ2n) is 0. The van der Waals surface area contributed by atoms with E-state index in [1.165, 1.54) is 0 Å². The van der Waals surface area contributed by atoms with Gasteiger partial charge < -0.3 is 21.8 Å². The Labute approximate surface area is 99.2 Å². The zero-order valence-electron chi connectivity index (χ0n) is 5.12. The molecule has 6 heavy (non-hydrogen) atoms. The van der Waals surface area contributed by atoms with E-state index in [-0.39, 0.29) is 87.3 Å². The summed E-state index contributed by atoms with van der Waals surface area (Å²) in [6.45, 7) is 5.00. The standard InChI is InChI=1S/C2H5.2CH3.K.W/c1-2;;;;/h1H2,2H3;2*1H3;;/q3*-1;+1;. The monoisotopic (exact) mass is 282 g/mol. The first-order valence-corrected chi connectivity index (χ1v) is 0.707. The molecule has 0 aliphatic carbocycles. The Morgan fingerprint density at radius 3 is 1.00 bits per heavy atom. The molecule has 0 heterocycles. The Balaban J connectivity index is -0.000000000833. The third kappa shape index (κ3) is 33.2. The maximum atomic E-state index is 3.25. The van der Waals surface area contributed by atoms with Crippen molar-refractivity contribution in [2.24, 2.45) is 0 Å². The van der Waals surface area contributed by atoms with E-state index in [2.05, 4.69) is 6.92 Å². The summed E-state index contributed by atoms with van der Waals surface area (Å²) in [5.41, 5.74) is 0. The van der Waals surface area contributed by atoms with E-state index < -0.39 is 0 Å². The number of hydrogen-bond donors (Lipinski definition) is 0. The van der Waals surface area contributed by atoms with Crippen LogP contribution in [0.15, 0.2) is 0 Å². The first-order chi connectivity index (χ1) is 1.00. The van der Waals surface area contributed by atoms with Crippen LogP contribution >= 0.6 is 0 Å². The Hall–Kier alpha value is 2.32. The van der Waals surface area contributed by atoms with Crippen molar-refractivity contribution < 1.29 is 72.4 Å². The Morgan fingerprint density at radius 1 is 1.00 bits per heavy atom. The molecule has 0 fully saturated rings. The zero-order valence-corrected chi connectivity index (χ0v) is 11.2. The Morgan fingerprint density at radius 2 is 1.00 bits per heavy atom. The molecule has 0 aromatic rings. The van der Waals surface area contributed by atoms with E-state index in [0.29, 0.717) is 0 Å². The van der Waals surface area contributed by atoms with Crippen molar-refractivity contribution in [2.75, 3.05) is 0 Å². The van der Waals surface area contributed by atoms with E-state index in [4.69, 9.17) is 0 Å². The molecule has 0 unspecified atom stereocenters. The molecule has 36 valence electrons. The second-order valence-corrected chi connectivity index (χ2v) is 0. The summed E-state index contributed by atoms with van der Waals surface area (Å²) in [6, 6.07) is 0. The molecule has 0 aromatic carbocycles. The molecule has 0 rings (SSSR count). The van der Waals surface area contributed by atoms with Crippen LogP contribution in [0.1, 0.15) is 6.92 Å². The predicted octanol–water partition coefficient (Wildman–Crippen LogP) is -1.26. The van der Waals surface area contributed by atoms with Gasteiger partial charge in [0.2, 0.25) is 0 Å². The predicted molar refractivity (Wildman–Crippen MR) is 23.9 cm³/mol. The summed E-state index contributed by atoms with van der Waals surface area (Å²) in [6.07, 6.45) is 0. The first-order valence-electron chi connectivity index (χ1n) is 0.707. The minimum absolute atomic E-state index is 0. The molecule has 0 nitrogen and oxygen atoms in total. The zero-order chi connectivity index (χ0) is 2.00. The van der Waals surface area contributed by atoms with Crippen molar-refractivity contribution >= 4 is 0 Å². The molecular formula is C4H11KW-2. The van der Waals surface area contributed by atoms with E-state index >= 15 is 0 Å². The number of rotatable bonds is 0. The van der Waals surface area contributed by atoms with Crippen molar-refractivity contribution in [1.82, 2.24) is 0 Å². The van der Waals surface area contributed by atoms with Gasteiger partial charge in [0.25, 0.3) is 0 Å². The average molecular weight is 282 g/mol. The van der Waals surface area contributed by atoms with Gasteiger partial charge in [0.15, 0.2) is 0 Å². The summed E-state index contributed by atoms with van der Waals surface area (Å²) in [5, 5.41) is 0. The minimum Gasteiger partial charge on any atom is -0.358 e.